The summed E-state index contributed by atoms with van der Waals surface area (Å²) in [4.78, 5) is 2.07. The molecule has 1 aliphatic rings. The van der Waals surface area contributed by atoms with Crippen molar-refractivity contribution in [3.8, 4) is 5.75 Å². The van der Waals surface area contributed by atoms with Gasteiger partial charge in [0.25, 0.3) is 0 Å². The van der Waals surface area contributed by atoms with Crippen LogP contribution < -0.4 is 10.5 Å². The zero-order valence-electron chi connectivity index (χ0n) is 9.47. The number of hydrogen-bond acceptors (Lipinski definition) is 4. The lowest BCUT2D eigenvalue weighted by Gasteiger charge is -2.25. The van der Waals surface area contributed by atoms with Gasteiger partial charge in [0.05, 0.1) is 19.4 Å². The van der Waals surface area contributed by atoms with Gasteiger partial charge in [0.2, 0.25) is 0 Å². The smallest absolute Gasteiger partial charge is 0.124 e. The zero-order chi connectivity index (χ0) is 11.5. The SMILES string of the molecule is COc1ccccc1C(N)N1CCC(O)C1. The fraction of sp³-hybridized carbons (Fsp3) is 0.500. The van der Waals surface area contributed by atoms with Gasteiger partial charge in [0, 0.05) is 18.7 Å². The Morgan fingerprint density at radius 1 is 1.50 bits per heavy atom. The van der Waals surface area contributed by atoms with Crippen LogP contribution in [-0.4, -0.2) is 36.3 Å². The minimum absolute atomic E-state index is 0.201. The third-order valence-electron chi connectivity index (χ3n) is 3.05. The minimum Gasteiger partial charge on any atom is -0.496 e. The van der Waals surface area contributed by atoms with Crippen molar-refractivity contribution < 1.29 is 9.84 Å². The quantitative estimate of drug-likeness (QED) is 0.791. The number of β-amino-alcohol motifs (C(OH)–C–C–N with tert-alkyl or cyclic N) is 1. The molecule has 0 aliphatic carbocycles. The summed E-state index contributed by atoms with van der Waals surface area (Å²) in [6.07, 6.45) is 0.345. The lowest BCUT2D eigenvalue weighted by Crippen LogP contribution is -2.33. The Morgan fingerprint density at radius 2 is 2.25 bits per heavy atom. The second-order valence-electron chi connectivity index (χ2n) is 4.12. The first-order valence-corrected chi connectivity index (χ1v) is 5.53. The lowest BCUT2D eigenvalue weighted by atomic mass is 10.1. The Kier molecular flexibility index (Phi) is 3.43. The average Bonchev–Trinajstić information content (AvgIpc) is 2.75. The summed E-state index contributed by atoms with van der Waals surface area (Å²) in [5.41, 5.74) is 7.15. The molecule has 88 valence electrons. The number of ether oxygens (including phenoxy) is 1. The molecule has 1 aromatic rings. The van der Waals surface area contributed by atoms with Gasteiger partial charge in [-0.25, -0.2) is 0 Å². The number of hydrogen-bond donors (Lipinski definition) is 2. The van der Waals surface area contributed by atoms with Crippen molar-refractivity contribution in [1.82, 2.24) is 4.90 Å². The molecule has 1 heterocycles. The van der Waals surface area contributed by atoms with Gasteiger partial charge in [-0.2, -0.15) is 0 Å². The van der Waals surface area contributed by atoms with Crippen LogP contribution in [0.15, 0.2) is 24.3 Å². The van der Waals surface area contributed by atoms with E-state index < -0.39 is 0 Å². The molecule has 0 amide bonds. The number of aliphatic hydroxyl groups is 1. The first kappa shape index (κ1) is 11.4. The molecule has 2 rings (SSSR count). The molecular formula is C12H18N2O2. The second-order valence-corrected chi connectivity index (χ2v) is 4.12. The summed E-state index contributed by atoms with van der Waals surface area (Å²) in [5.74, 6) is 0.802. The molecular weight excluding hydrogens is 204 g/mol. The highest BCUT2D eigenvalue weighted by molar-refractivity contribution is 5.35. The van der Waals surface area contributed by atoms with Crippen LogP contribution in [-0.2, 0) is 0 Å². The van der Waals surface area contributed by atoms with Crippen LogP contribution in [0.4, 0.5) is 0 Å². The Balaban J connectivity index is 2.16. The Morgan fingerprint density at radius 3 is 2.88 bits per heavy atom. The van der Waals surface area contributed by atoms with Gasteiger partial charge in [0.1, 0.15) is 5.75 Å². The van der Waals surface area contributed by atoms with Crippen LogP contribution in [0.1, 0.15) is 18.2 Å². The van der Waals surface area contributed by atoms with Crippen molar-refractivity contribution in [2.45, 2.75) is 18.7 Å². The van der Waals surface area contributed by atoms with E-state index in [9.17, 15) is 5.11 Å². The number of para-hydroxylation sites is 1. The van der Waals surface area contributed by atoms with Gasteiger partial charge < -0.3 is 15.6 Å². The standard InChI is InChI=1S/C12H18N2O2/c1-16-11-5-3-2-4-10(11)12(13)14-7-6-9(15)8-14/h2-5,9,12,15H,6-8,13H2,1H3. The van der Waals surface area contributed by atoms with Crippen molar-refractivity contribution >= 4 is 0 Å². The van der Waals surface area contributed by atoms with E-state index in [2.05, 4.69) is 4.90 Å². The van der Waals surface area contributed by atoms with Gasteiger partial charge in [0.15, 0.2) is 0 Å². The van der Waals surface area contributed by atoms with E-state index in [0.29, 0.717) is 6.54 Å². The number of methoxy groups -OCH3 is 1. The highest BCUT2D eigenvalue weighted by Gasteiger charge is 2.26. The van der Waals surface area contributed by atoms with Crippen molar-refractivity contribution in [2.75, 3.05) is 20.2 Å². The third-order valence-corrected chi connectivity index (χ3v) is 3.05. The lowest BCUT2D eigenvalue weighted by molar-refractivity contribution is 0.159. The average molecular weight is 222 g/mol. The Hall–Kier alpha value is -1.10. The molecule has 1 aliphatic heterocycles. The number of benzene rings is 1. The van der Waals surface area contributed by atoms with Crippen molar-refractivity contribution in [1.29, 1.82) is 0 Å². The van der Waals surface area contributed by atoms with Crippen LogP contribution in [0.25, 0.3) is 0 Å². The number of likely N-dealkylation sites (tertiary alicyclic amines) is 1. The molecule has 0 aromatic heterocycles. The third kappa shape index (κ3) is 2.19. The van der Waals surface area contributed by atoms with Crippen molar-refractivity contribution in [2.24, 2.45) is 5.73 Å². The van der Waals surface area contributed by atoms with Gasteiger partial charge >= 0.3 is 0 Å². The molecule has 4 heteroatoms. The molecule has 1 saturated heterocycles. The molecule has 16 heavy (non-hydrogen) atoms. The maximum atomic E-state index is 9.49. The molecule has 2 atom stereocenters. The van der Waals surface area contributed by atoms with E-state index in [0.717, 1.165) is 24.3 Å². The van der Waals surface area contributed by atoms with Crippen molar-refractivity contribution in [3.63, 3.8) is 0 Å². The van der Waals surface area contributed by atoms with Gasteiger partial charge in [-0.05, 0) is 12.5 Å². The van der Waals surface area contributed by atoms with Crippen LogP contribution in [0.5, 0.6) is 5.75 Å². The van der Waals surface area contributed by atoms with E-state index in [1.807, 2.05) is 24.3 Å². The molecule has 0 saturated carbocycles. The molecule has 0 spiro atoms. The minimum atomic E-state index is -0.249. The number of nitrogens with zero attached hydrogens (tertiary/aromatic N) is 1. The van der Waals surface area contributed by atoms with E-state index >= 15 is 0 Å². The zero-order valence-corrected chi connectivity index (χ0v) is 9.47. The van der Waals surface area contributed by atoms with E-state index in [-0.39, 0.29) is 12.3 Å². The molecule has 0 bridgehead atoms. The summed E-state index contributed by atoms with van der Waals surface area (Å²) in [5, 5.41) is 9.49. The number of aliphatic hydroxyl groups excluding tert-OH is 1. The fourth-order valence-electron chi connectivity index (χ4n) is 2.13. The Labute approximate surface area is 95.6 Å². The van der Waals surface area contributed by atoms with E-state index in [1.165, 1.54) is 0 Å². The maximum absolute atomic E-state index is 9.49. The van der Waals surface area contributed by atoms with Crippen LogP contribution >= 0.6 is 0 Å². The highest BCUT2D eigenvalue weighted by Crippen LogP contribution is 2.27. The topological polar surface area (TPSA) is 58.7 Å². The first-order valence-electron chi connectivity index (χ1n) is 5.53. The summed E-state index contributed by atoms with van der Waals surface area (Å²) in [6.45, 7) is 1.47. The van der Waals surface area contributed by atoms with Crippen LogP contribution in [0.3, 0.4) is 0 Å². The van der Waals surface area contributed by atoms with Gasteiger partial charge in [-0.1, -0.05) is 18.2 Å². The number of rotatable bonds is 3. The fourth-order valence-corrected chi connectivity index (χ4v) is 2.13. The largest absolute Gasteiger partial charge is 0.496 e. The predicted molar refractivity (Wildman–Crippen MR) is 62.1 cm³/mol. The van der Waals surface area contributed by atoms with Crippen LogP contribution in [0.2, 0.25) is 0 Å². The molecule has 1 aromatic carbocycles. The van der Waals surface area contributed by atoms with E-state index in [1.54, 1.807) is 7.11 Å². The van der Waals surface area contributed by atoms with E-state index in [4.69, 9.17) is 10.5 Å². The molecule has 2 unspecified atom stereocenters. The van der Waals surface area contributed by atoms with Crippen LogP contribution in [0, 0.1) is 0 Å². The maximum Gasteiger partial charge on any atom is 0.124 e. The normalized spacial score (nSPS) is 23.3. The summed E-state index contributed by atoms with van der Waals surface area (Å²) in [7, 11) is 1.64. The summed E-state index contributed by atoms with van der Waals surface area (Å²) >= 11 is 0. The molecule has 0 radical (unpaired) electrons. The summed E-state index contributed by atoms with van der Waals surface area (Å²) in [6, 6.07) is 7.74. The second kappa shape index (κ2) is 4.82. The molecule has 4 nitrogen and oxygen atoms in total. The first-order chi connectivity index (χ1) is 7.72. The molecule has 1 fully saturated rings. The van der Waals surface area contributed by atoms with Crippen molar-refractivity contribution in [3.05, 3.63) is 29.8 Å². The highest BCUT2D eigenvalue weighted by atomic mass is 16.5. The predicted octanol–water partition coefficient (Wildman–Crippen LogP) is 0.719. The Bertz CT molecular complexity index is 357. The van der Waals surface area contributed by atoms with Gasteiger partial charge in [-0.15, -0.1) is 0 Å². The monoisotopic (exact) mass is 222 g/mol. The van der Waals surface area contributed by atoms with Gasteiger partial charge in [-0.3, -0.25) is 4.90 Å². The number of nitrogens with two attached hydrogens (primary N) is 1. The molecule has 3 N–H and O–H groups in total. The summed E-state index contributed by atoms with van der Waals surface area (Å²) < 4.78 is 5.28.